The van der Waals surface area contributed by atoms with Crippen LogP contribution in [0.5, 0.6) is 11.5 Å². The minimum Gasteiger partial charge on any atom is -0.493 e. The molecule has 1 saturated heterocycles. The Balaban J connectivity index is 1.59. The Morgan fingerprint density at radius 2 is 1.77 bits per heavy atom. The Hall–Kier alpha value is -3.39. The van der Waals surface area contributed by atoms with Crippen LogP contribution in [0.15, 0.2) is 42.5 Å². The average molecular weight is 411 g/mol. The Morgan fingerprint density at radius 1 is 1.07 bits per heavy atom. The van der Waals surface area contributed by atoms with Gasteiger partial charge in [-0.05, 0) is 54.9 Å². The molecule has 3 amide bonds. The van der Waals surface area contributed by atoms with Crippen molar-refractivity contribution in [3.05, 3.63) is 48.0 Å². The number of hydrogen-bond acceptors (Lipinski definition) is 6. The fourth-order valence-electron chi connectivity index (χ4n) is 3.39. The Labute approximate surface area is 175 Å². The van der Waals surface area contributed by atoms with Crippen molar-refractivity contribution in [1.82, 2.24) is 5.32 Å². The van der Waals surface area contributed by atoms with Gasteiger partial charge < -0.3 is 20.1 Å². The number of methoxy groups -OCH3 is 2. The third kappa shape index (κ3) is 4.77. The van der Waals surface area contributed by atoms with Crippen LogP contribution in [-0.2, 0) is 20.8 Å². The van der Waals surface area contributed by atoms with Crippen molar-refractivity contribution in [1.29, 1.82) is 0 Å². The number of amides is 3. The molecule has 1 atom stereocenters. The van der Waals surface area contributed by atoms with E-state index in [1.807, 2.05) is 18.2 Å². The van der Waals surface area contributed by atoms with Crippen LogP contribution in [-0.4, -0.2) is 44.5 Å². The molecule has 1 aliphatic heterocycles. The number of carbonyl (C=O) groups is 3. The van der Waals surface area contributed by atoms with E-state index >= 15 is 0 Å². The number of carbonyl (C=O) groups excluding carboxylic acids is 3. The Bertz CT molecular complexity index is 942. The second kappa shape index (κ2) is 9.41. The smallest absolute Gasteiger partial charge is 0.251 e. The highest BCUT2D eigenvalue weighted by molar-refractivity contribution is 6.22. The van der Waals surface area contributed by atoms with E-state index < -0.39 is 6.04 Å². The van der Waals surface area contributed by atoms with Gasteiger partial charge in [-0.25, -0.2) is 4.90 Å². The Kier molecular flexibility index (Phi) is 6.68. The van der Waals surface area contributed by atoms with Gasteiger partial charge in [0.05, 0.1) is 32.4 Å². The van der Waals surface area contributed by atoms with Crippen LogP contribution in [0, 0.1) is 0 Å². The normalized spacial score (nSPS) is 16.0. The molecule has 0 aliphatic carbocycles. The number of anilines is 2. The number of benzene rings is 2. The van der Waals surface area contributed by atoms with E-state index in [1.54, 1.807) is 38.5 Å². The van der Waals surface area contributed by atoms with Crippen LogP contribution in [0.1, 0.15) is 18.9 Å². The van der Waals surface area contributed by atoms with Crippen molar-refractivity contribution < 1.29 is 23.9 Å². The number of nitrogens with zero attached hydrogens (tertiary/aromatic N) is 1. The second-order valence-corrected chi connectivity index (χ2v) is 6.95. The van der Waals surface area contributed by atoms with Gasteiger partial charge in [-0.3, -0.25) is 14.4 Å². The molecule has 1 aliphatic rings. The van der Waals surface area contributed by atoms with Crippen molar-refractivity contribution in [2.75, 3.05) is 31.0 Å². The monoisotopic (exact) mass is 411 g/mol. The van der Waals surface area contributed by atoms with E-state index in [1.165, 1.54) is 11.8 Å². The van der Waals surface area contributed by atoms with E-state index in [4.69, 9.17) is 9.47 Å². The van der Waals surface area contributed by atoms with Gasteiger partial charge in [-0.1, -0.05) is 6.07 Å². The quantitative estimate of drug-likeness (QED) is 0.646. The highest BCUT2D eigenvalue weighted by Crippen LogP contribution is 2.28. The summed E-state index contributed by atoms with van der Waals surface area (Å²) in [5, 5.41) is 5.83. The minimum atomic E-state index is -0.562. The van der Waals surface area contributed by atoms with Crippen LogP contribution >= 0.6 is 0 Å². The molecule has 2 N–H and O–H groups in total. The molecule has 1 heterocycles. The number of imide groups is 1. The summed E-state index contributed by atoms with van der Waals surface area (Å²) in [4.78, 5) is 37.5. The first kappa shape index (κ1) is 21.3. The minimum absolute atomic E-state index is 0.109. The summed E-state index contributed by atoms with van der Waals surface area (Å²) in [6, 6.07) is 11.7. The lowest BCUT2D eigenvalue weighted by atomic mass is 10.1. The summed E-state index contributed by atoms with van der Waals surface area (Å²) in [5.74, 6) is 0.590. The maximum atomic E-state index is 12.7. The molecule has 0 saturated carbocycles. The van der Waals surface area contributed by atoms with Crippen molar-refractivity contribution in [2.45, 2.75) is 25.8 Å². The molecule has 8 heteroatoms. The lowest BCUT2D eigenvalue weighted by Gasteiger charge is -2.16. The SMILES string of the molecule is COc1ccc(CCNC2CC(=O)N(c3ccc(NC(C)=O)cc3)C2=O)cc1OC. The zero-order chi connectivity index (χ0) is 21.7. The highest BCUT2D eigenvalue weighted by Gasteiger charge is 2.39. The number of nitrogens with one attached hydrogen (secondary N) is 2. The first-order valence-corrected chi connectivity index (χ1v) is 9.61. The van der Waals surface area contributed by atoms with Gasteiger partial charge in [0.1, 0.15) is 0 Å². The first-order chi connectivity index (χ1) is 14.4. The molecule has 8 nitrogen and oxygen atoms in total. The molecule has 0 bridgehead atoms. The second-order valence-electron chi connectivity index (χ2n) is 6.95. The fourth-order valence-corrected chi connectivity index (χ4v) is 3.39. The zero-order valence-electron chi connectivity index (χ0n) is 17.2. The number of rotatable bonds is 8. The molecule has 0 radical (unpaired) electrons. The largest absolute Gasteiger partial charge is 0.493 e. The molecule has 30 heavy (non-hydrogen) atoms. The van der Waals surface area contributed by atoms with E-state index in [-0.39, 0.29) is 24.1 Å². The van der Waals surface area contributed by atoms with Crippen LogP contribution in [0.3, 0.4) is 0 Å². The summed E-state index contributed by atoms with van der Waals surface area (Å²) in [6.07, 6.45) is 0.780. The predicted molar refractivity (Wildman–Crippen MR) is 113 cm³/mol. The van der Waals surface area contributed by atoms with Gasteiger partial charge >= 0.3 is 0 Å². The summed E-state index contributed by atoms with van der Waals surface area (Å²) in [7, 11) is 3.17. The summed E-state index contributed by atoms with van der Waals surface area (Å²) < 4.78 is 10.5. The summed E-state index contributed by atoms with van der Waals surface area (Å²) in [6.45, 7) is 1.95. The molecular weight excluding hydrogens is 386 g/mol. The lowest BCUT2D eigenvalue weighted by Crippen LogP contribution is -2.39. The lowest BCUT2D eigenvalue weighted by molar-refractivity contribution is -0.121. The highest BCUT2D eigenvalue weighted by atomic mass is 16.5. The van der Waals surface area contributed by atoms with E-state index in [9.17, 15) is 14.4 Å². The molecule has 0 spiro atoms. The van der Waals surface area contributed by atoms with E-state index in [0.717, 1.165) is 5.56 Å². The zero-order valence-corrected chi connectivity index (χ0v) is 17.2. The molecule has 1 fully saturated rings. The van der Waals surface area contributed by atoms with Crippen molar-refractivity contribution in [3.63, 3.8) is 0 Å². The molecule has 0 aromatic heterocycles. The molecule has 2 aromatic carbocycles. The first-order valence-electron chi connectivity index (χ1n) is 9.61. The van der Waals surface area contributed by atoms with Gasteiger partial charge in [0, 0.05) is 12.6 Å². The van der Waals surface area contributed by atoms with Gasteiger partial charge in [0.15, 0.2) is 11.5 Å². The van der Waals surface area contributed by atoms with Crippen LogP contribution in [0.25, 0.3) is 0 Å². The molecule has 1 unspecified atom stereocenters. The third-order valence-electron chi connectivity index (χ3n) is 4.84. The van der Waals surface area contributed by atoms with Crippen molar-refractivity contribution in [2.24, 2.45) is 0 Å². The number of ether oxygens (including phenoxy) is 2. The Morgan fingerprint density at radius 3 is 2.40 bits per heavy atom. The standard InChI is InChI=1S/C22H25N3O5/c1-14(26)24-16-5-7-17(8-6-16)25-21(27)13-18(22(25)28)23-11-10-15-4-9-19(29-2)20(12-15)30-3/h4-9,12,18,23H,10-11,13H2,1-3H3,(H,24,26). The van der Waals surface area contributed by atoms with Crippen molar-refractivity contribution in [3.8, 4) is 11.5 Å². The van der Waals surface area contributed by atoms with Gasteiger partial charge in [-0.2, -0.15) is 0 Å². The summed E-state index contributed by atoms with van der Waals surface area (Å²) >= 11 is 0. The maximum absolute atomic E-state index is 12.7. The summed E-state index contributed by atoms with van der Waals surface area (Å²) in [5.41, 5.74) is 2.13. The van der Waals surface area contributed by atoms with Crippen LogP contribution < -0.4 is 25.0 Å². The third-order valence-corrected chi connectivity index (χ3v) is 4.84. The van der Waals surface area contributed by atoms with Crippen LogP contribution in [0.2, 0.25) is 0 Å². The average Bonchev–Trinajstić information content (AvgIpc) is 3.01. The van der Waals surface area contributed by atoms with Gasteiger partial charge in [0.25, 0.3) is 5.91 Å². The maximum Gasteiger partial charge on any atom is 0.251 e. The fraction of sp³-hybridized carbons (Fsp3) is 0.318. The number of hydrogen-bond donors (Lipinski definition) is 2. The molecular formula is C22H25N3O5. The molecule has 158 valence electrons. The van der Waals surface area contributed by atoms with E-state index in [0.29, 0.717) is 35.8 Å². The van der Waals surface area contributed by atoms with E-state index in [2.05, 4.69) is 10.6 Å². The molecule has 3 rings (SSSR count). The predicted octanol–water partition coefficient (Wildman–Crippen LogP) is 2.13. The van der Waals surface area contributed by atoms with Crippen molar-refractivity contribution >= 4 is 29.1 Å². The van der Waals surface area contributed by atoms with Gasteiger partial charge in [0.2, 0.25) is 11.8 Å². The van der Waals surface area contributed by atoms with Crippen LogP contribution in [0.4, 0.5) is 11.4 Å². The van der Waals surface area contributed by atoms with Gasteiger partial charge in [-0.15, -0.1) is 0 Å². The topological polar surface area (TPSA) is 97.0 Å². The molecule has 2 aromatic rings.